The molecule has 2 atom stereocenters. The van der Waals surface area contributed by atoms with Crippen molar-refractivity contribution in [2.45, 2.75) is 18.3 Å². The van der Waals surface area contributed by atoms with Gasteiger partial charge in [0.2, 0.25) is 0 Å². The van der Waals surface area contributed by atoms with E-state index in [1.807, 2.05) is 0 Å². The normalized spacial score (nSPS) is 22.7. The number of piperidine rings is 1. The summed E-state index contributed by atoms with van der Waals surface area (Å²) in [5.41, 5.74) is 2.84. The first-order chi connectivity index (χ1) is 9.75. The molecule has 3 heteroatoms. The Morgan fingerprint density at radius 3 is 2.60 bits per heavy atom. The van der Waals surface area contributed by atoms with Crippen molar-refractivity contribution in [1.82, 2.24) is 5.32 Å². The van der Waals surface area contributed by atoms with Gasteiger partial charge in [-0.05, 0) is 48.2 Å². The summed E-state index contributed by atoms with van der Waals surface area (Å²) in [6.07, 6.45) is 1.18. The molecule has 0 aromatic heterocycles. The molecule has 1 heterocycles. The molecule has 0 spiro atoms. The molecule has 20 heavy (non-hydrogen) atoms. The van der Waals surface area contributed by atoms with Crippen molar-refractivity contribution in [3.05, 3.63) is 68.6 Å². The molecule has 2 aromatic rings. The molecule has 3 rings (SSSR count). The summed E-state index contributed by atoms with van der Waals surface area (Å²) in [7, 11) is 0. The lowest BCUT2D eigenvalue weighted by Gasteiger charge is -2.33. The molecular formula is C17H17Br2N. The van der Waals surface area contributed by atoms with Crippen LogP contribution in [0.2, 0.25) is 0 Å². The molecule has 0 bridgehead atoms. The van der Waals surface area contributed by atoms with Gasteiger partial charge >= 0.3 is 0 Å². The van der Waals surface area contributed by atoms with Gasteiger partial charge in [0.15, 0.2) is 0 Å². The van der Waals surface area contributed by atoms with Crippen molar-refractivity contribution in [1.29, 1.82) is 0 Å². The van der Waals surface area contributed by atoms with E-state index in [-0.39, 0.29) is 0 Å². The molecule has 1 N–H and O–H groups in total. The number of hydrogen-bond donors (Lipinski definition) is 1. The van der Waals surface area contributed by atoms with Gasteiger partial charge in [-0.1, -0.05) is 62.2 Å². The average Bonchev–Trinajstić information content (AvgIpc) is 2.48. The van der Waals surface area contributed by atoms with Gasteiger partial charge in [-0.25, -0.2) is 0 Å². The van der Waals surface area contributed by atoms with Crippen LogP contribution < -0.4 is 5.32 Å². The maximum Gasteiger partial charge on any atom is 0.0210 e. The molecule has 1 saturated heterocycles. The average molecular weight is 395 g/mol. The van der Waals surface area contributed by atoms with Gasteiger partial charge in [0.05, 0.1) is 0 Å². The van der Waals surface area contributed by atoms with E-state index in [0.29, 0.717) is 11.8 Å². The van der Waals surface area contributed by atoms with Crippen LogP contribution in [0.15, 0.2) is 57.5 Å². The van der Waals surface area contributed by atoms with Crippen LogP contribution in [-0.2, 0) is 0 Å². The molecule has 0 saturated carbocycles. The summed E-state index contributed by atoms with van der Waals surface area (Å²) in [5.74, 6) is 1.10. The van der Waals surface area contributed by atoms with Crippen molar-refractivity contribution in [3.63, 3.8) is 0 Å². The van der Waals surface area contributed by atoms with Crippen molar-refractivity contribution in [2.24, 2.45) is 0 Å². The topological polar surface area (TPSA) is 12.0 Å². The molecule has 1 fully saturated rings. The Balaban J connectivity index is 1.98. The van der Waals surface area contributed by atoms with Gasteiger partial charge in [-0.2, -0.15) is 0 Å². The quantitative estimate of drug-likeness (QED) is 0.749. The highest BCUT2D eigenvalue weighted by atomic mass is 79.9. The predicted molar refractivity (Wildman–Crippen MR) is 91.3 cm³/mol. The third kappa shape index (κ3) is 3.00. The van der Waals surface area contributed by atoms with Crippen molar-refractivity contribution in [2.75, 3.05) is 13.1 Å². The standard InChI is InChI=1S/C17H17Br2N/c18-13-5-3-4-12(10-13)16-11-20-9-8-14(16)15-6-1-2-7-17(15)19/h1-7,10,14,16,20H,8-9,11H2. The van der Waals surface area contributed by atoms with Crippen LogP contribution in [0.5, 0.6) is 0 Å². The third-order valence-electron chi connectivity index (χ3n) is 4.06. The Bertz CT molecular complexity index is 597. The molecule has 2 unspecified atom stereocenters. The van der Waals surface area contributed by atoms with E-state index < -0.39 is 0 Å². The van der Waals surface area contributed by atoms with Gasteiger partial charge in [-0.3, -0.25) is 0 Å². The molecular weight excluding hydrogens is 378 g/mol. The maximum atomic E-state index is 3.72. The Hall–Kier alpha value is -0.640. The Morgan fingerprint density at radius 2 is 1.80 bits per heavy atom. The van der Waals surface area contributed by atoms with Gasteiger partial charge in [0, 0.05) is 21.4 Å². The molecule has 0 aliphatic carbocycles. The highest BCUT2D eigenvalue weighted by Crippen LogP contribution is 2.40. The minimum atomic E-state index is 0.528. The van der Waals surface area contributed by atoms with E-state index in [4.69, 9.17) is 0 Å². The largest absolute Gasteiger partial charge is 0.316 e. The number of nitrogens with one attached hydrogen (secondary N) is 1. The zero-order valence-electron chi connectivity index (χ0n) is 11.2. The van der Waals surface area contributed by atoms with Crippen LogP contribution in [0.4, 0.5) is 0 Å². The summed E-state index contributed by atoms with van der Waals surface area (Å²) in [5, 5.41) is 3.54. The summed E-state index contributed by atoms with van der Waals surface area (Å²) in [6, 6.07) is 17.3. The van der Waals surface area contributed by atoms with E-state index in [1.165, 1.54) is 22.0 Å². The maximum absolute atomic E-state index is 3.72. The number of hydrogen-bond acceptors (Lipinski definition) is 1. The Labute approximate surface area is 137 Å². The first kappa shape index (κ1) is 14.3. The zero-order valence-corrected chi connectivity index (χ0v) is 14.3. The summed E-state index contributed by atoms with van der Waals surface area (Å²) >= 11 is 7.31. The molecule has 0 amide bonds. The first-order valence-corrected chi connectivity index (χ1v) is 8.55. The van der Waals surface area contributed by atoms with E-state index in [1.54, 1.807) is 0 Å². The van der Waals surface area contributed by atoms with Crippen LogP contribution in [0.3, 0.4) is 0 Å². The van der Waals surface area contributed by atoms with Crippen LogP contribution >= 0.6 is 31.9 Å². The minimum absolute atomic E-state index is 0.528. The second kappa shape index (κ2) is 6.42. The zero-order chi connectivity index (χ0) is 13.9. The van der Waals surface area contributed by atoms with Crippen LogP contribution in [0.25, 0.3) is 0 Å². The fraction of sp³-hybridized carbons (Fsp3) is 0.294. The minimum Gasteiger partial charge on any atom is -0.316 e. The van der Waals surface area contributed by atoms with E-state index in [2.05, 4.69) is 85.7 Å². The number of benzene rings is 2. The summed E-state index contributed by atoms with van der Waals surface area (Å²) in [4.78, 5) is 0. The van der Waals surface area contributed by atoms with Gasteiger partial charge in [0.25, 0.3) is 0 Å². The second-order valence-corrected chi connectivity index (χ2v) is 7.05. The van der Waals surface area contributed by atoms with E-state index in [0.717, 1.165) is 17.6 Å². The predicted octanol–water partition coefficient (Wildman–Crippen LogP) is 5.07. The number of rotatable bonds is 2. The van der Waals surface area contributed by atoms with Crippen molar-refractivity contribution in [3.8, 4) is 0 Å². The monoisotopic (exact) mass is 393 g/mol. The Morgan fingerprint density at radius 1 is 0.950 bits per heavy atom. The Kier molecular flexibility index (Phi) is 4.59. The highest BCUT2D eigenvalue weighted by Gasteiger charge is 2.28. The number of halogens is 2. The summed E-state index contributed by atoms with van der Waals surface area (Å²) < 4.78 is 2.39. The molecule has 1 aliphatic heterocycles. The second-order valence-electron chi connectivity index (χ2n) is 5.28. The van der Waals surface area contributed by atoms with Crippen LogP contribution in [-0.4, -0.2) is 13.1 Å². The lowest BCUT2D eigenvalue weighted by molar-refractivity contribution is 0.403. The van der Waals surface area contributed by atoms with Gasteiger partial charge < -0.3 is 5.32 Å². The smallest absolute Gasteiger partial charge is 0.0210 e. The highest BCUT2D eigenvalue weighted by molar-refractivity contribution is 9.10. The van der Waals surface area contributed by atoms with E-state index in [9.17, 15) is 0 Å². The van der Waals surface area contributed by atoms with E-state index >= 15 is 0 Å². The molecule has 2 aromatic carbocycles. The fourth-order valence-electron chi connectivity index (χ4n) is 3.09. The lowest BCUT2D eigenvalue weighted by atomic mass is 9.77. The van der Waals surface area contributed by atoms with Crippen molar-refractivity contribution >= 4 is 31.9 Å². The van der Waals surface area contributed by atoms with Crippen LogP contribution in [0.1, 0.15) is 29.4 Å². The van der Waals surface area contributed by atoms with Gasteiger partial charge in [0.1, 0.15) is 0 Å². The fourth-order valence-corrected chi connectivity index (χ4v) is 4.09. The van der Waals surface area contributed by atoms with Crippen LogP contribution in [0, 0.1) is 0 Å². The van der Waals surface area contributed by atoms with Crippen molar-refractivity contribution < 1.29 is 0 Å². The lowest BCUT2D eigenvalue weighted by Crippen LogP contribution is -2.34. The molecule has 104 valence electrons. The van der Waals surface area contributed by atoms with Gasteiger partial charge in [-0.15, -0.1) is 0 Å². The first-order valence-electron chi connectivity index (χ1n) is 6.96. The SMILES string of the molecule is Brc1cccc(C2CNCCC2c2ccccc2Br)c1. The molecule has 1 aliphatic rings. The third-order valence-corrected chi connectivity index (χ3v) is 5.28. The molecule has 0 radical (unpaired) electrons. The molecule has 1 nitrogen and oxygen atoms in total. The summed E-state index contributed by atoms with van der Waals surface area (Å²) in [6.45, 7) is 2.14.